The van der Waals surface area contributed by atoms with Crippen molar-refractivity contribution >= 4 is 47.6 Å². The highest BCUT2D eigenvalue weighted by Crippen LogP contribution is 2.76. The van der Waals surface area contributed by atoms with Gasteiger partial charge in [-0.15, -0.1) is 11.8 Å². The Kier molecular flexibility index (Phi) is 40.2. The Hall–Kier alpha value is -4.29. The van der Waals surface area contributed by atoms with E-state index < -0.39 is 341 Å². The Morgan fingerprint density at radius 1 is 0.575 bits per heavy atom. The minimum absolute atomic E-state index is 0.00454. The summed E-state index contributed by atoms with van der Waals surface area (Å²) < 4.78 is 104. The SMILES string of the molecule is CC(=O)OC1C(C)OC(OC2C(C)OC(OC[C@]34CCC(C)(C)CC3C3=CCC5[C@@]6(C)CC[C@H](OC(OC(C(=O)O)C(C)O)C(OC7OCC(O)C(O)C7O)OC7OC(CO)C(O)C(O)C7O)[C@@](C)(/C=N/NC(=O)CCCCCN7C(=O)CC(SCCO)C7=O)C6CC[C@@]5(C)[C@]3(C)CC4)C(OOC(C)C(OC3OCC(O)C(OC4OC(CO)C(O)C(O)C4O)C3O)C(O)C(C)O)C2O)C(O)C1OC1OCC(O)C(O)C1O. The molecule has 5 aliphatic carbocycles. The average Bonchev–Trinajstić information content (AvgIpc) is 0.725. The Bertz CT molecular complexity index is 4330. The Morgan fingerprint density at radius 2 is 1.14 bits per heavy atom. The van der Waals surface area contributed by atoms with E-state index in [1.54, 1.807) is 0 Å². The minimum atomic E-state index is -2.32. The number of carboxylic acids is 1. The number of imide groups is 1. The maximum atomic E-state index is 14.1. The van der Waals surface area contributed by atoms with E-state index in [1.807, 2.05) is 6.92 Å². The Morgan fingerprint density at radius 3 is 1.77 bits per heavy atom. The summed E-state index contributed by atoms with van der Waals surface area (Å²) in [5.41, 5.74) is -0.481. The second kappa shape index (κ2) is 49.4. The smallest absolute Gasteiger partial charge is 0.335 e. The molecule has 0 radical (unpaired) electrons. The molecule has 50 atom stereocenters. The molecule has 0 spiro atoms. The van der Waals surface area contributed by atoms with Crippen LogP contribution in [0.4, 0.5) is 0 Å². The molecule has 13 aliphatic rings. The van der Waals surface area contributed by atoms with Crippen molar-refractivity contribution in [2.75, 3.05) is 58.5 Å². The molecule has 0 aromatic carbocycles. The number of thioether (sulfide) groups is 1. The van der Waals surface area contributed by atoms with Crippen molar-refractivity contribution in [1.82, 2.24) is 10.3 Å². The number of fused-ring (bicyclic) bond motifs is 7. The predicted octanol–water partition coefficient (Wildman–Crippen LogP) is -6.09. The van der Waals surface area contributed by atoms with Gasteiger partial charge in [-0.05, 0) is 151 Å². The second-order valence-corrected chi connectivity index (χ2v) is 44.8. The summed E-state index contributed by atoms with van der Waals surface area (Å²) in [6.07, 6.45) is -64.9. The first kappa shape index (κ1) is 119. The fraction of sp³-hybridized carbons (Fsp3) is 0.916. The number of likely N-dealkylation sites (tertiary alicyclic amines) is 1. The molecule has 0 bridgehead atoms. The van der Waals surface area contributed by atoms with Crippen LogP contribution in [0.3, 0.4) is 0 Å². The number of unbranched alkanes of at least 4 members (excludes halogenated alkanes) is 2. The zero-order chi connectivity index (χ0) is 107. The highest BCUT2D eigenvalue weighted by Gasteiger charge is 2.71. The molecule has 51 heteroatoms. The number of carboxylic acid groups (broad SMARTS) is 1. The van der Waals surface area contributed by atoms with Gasteiger partial charge in [-0.1, -0.05) is 59.6 Å². The van der Waals surface area contributed by atoms with Gasteiger partial charge in [0.05, 0.1) is 82.0 Å². The topological polar surface area (TPSA) is 754 Å². The van der Waals surface area contributed by atoms with Gasteiger partial charge in [0.15, 0.2) is 62.3 Å². The van der Waals surface area contributed by atoms with Crippen LogP contribution < -0.4 is 5.43 Å². The van der Waals surface area contributed by atoms with Crippen molar-refractivity contribution in [2.45, 2.75) is 437 Å². The van der Waals surface area contributed by atoms with Gasteiger partial charge in [-0.2, -0.15) is 5.10 Å². The monoisotopic (exact) mass is 2120 g/mol. The van der Waals surface area contributed by atoms with Gasteiger partial charge < -0.3 is 198 Å². The number of rotatable bonds is 42. The second-order valence-electron chi connectivity index (χ2n) is 43.5. The third-order valence-electron chi connectivity index (χ3n) is 33.1. The van der Waals surface area contributed by atoms with Crippen molar-refractivity contribution < 1.29 is 232 Å². The predicted molar refractivity (Wildman–Crippen MR) is 492 cm³/mol. The summed E-state index contributed by atoms with van der Waals surface area (Å²) in [7, 11) is 0. The number of carbonyl (C=O) groups is 5. The number of nitrogens with zero attached hydrogens (tertiary/aromatic N) is 2. The maximum absolute atomic E-state index is 14.1. The zero-order valence-electron chi connectivity index (χ0n) is 84.0. The van der Waals surface area contributed by atoms with Crippen LogP contribution in [0, 0.1) is 50.2 Å². The molecule has 8 heterocycles. The van der Waals surface area contributed by atoms with Crippen molar-refractivity contribution in [3.05, 3.63) is 11.6 Å². The first-order valence-corrected chi connectivity index (χ1v) is 51.6. The summed E-state index contributed by atoms with van der Waals surface area (Å²) in [4.78, 5) is 79.8. The molecular weight excluding hydrogens is 1970 g/mol. The number of esters is 1. The number of allylic oxidation sites excluding steroid dienone is 2. The van der Waals surface area contributed by atoms with E-state index in [-0.39, 0.29) is 73.8 Å². The number of aliphatic hydroxyl groups is 22. The van der Waals surface area contributed by atoms with Crippen molar-refractivity contribution in [1.29, 1.82) is 0 Å². The largest absolute Gasteiger partial charge is 0.479 e. The molecule has 13 rings (SSSR count). The van der Waals surface area contributed by atoms with Crippen LogP contribution in [-0.2, 0) is 114 Å². The lowest BCUT2D eigenvalue weighted by Gasteiger charge is -2.71. The van der Waals surface area contributed by atoms with Gasteiger partial charge in [-0.3, -0.25) is 24.1 Å². The van der Waals surface area contributed by atoms with Crippen LogP contribution in [0.2, 0.25) is 0 Å². The van der Waals surface area contributed by atoms with Gasteiger partial charge in [0.25, 0.3) is 0 Å². The van der Waals surface area contributed by atoms with Crippen LogP contribution in [0.1, 0.15) is 179 Å². The molecule has 50 nitrogen and oxygen atoms in total. The Balaban J connectivity index is 0.807. The molecule has 8 saturated heterocycles. The van der Waals surface area contributed by atoms with E-state index in [2.05, 4.69) is 51.2 Å². The number of aliphatic carboxylic acids is 1. The van der Waals surface area contributed by atoms with E-state index in [9.17, 15) is 141 Å². The third kappa shape index (κ3) is 25.0. The lowest BCUT2D eigenvalue weighted by Crippen LogP contribution is -2.66. The molecule has 838 valence electrons. The third-order valence-corrected chi connectivity index (χ3v) is 34.3. The molecule has 146 heavy (non-hydrogen) atoms. The number of hydrogen-bond donors (Lipinski definition) is 24. The molecule has 4 saturated carbocycles. The molecule has 44 unspecified atom stereocenters. The van der Waals surface area contributed by atoms with Crippen molar-refractivity contribution in [3.8, 4) is 0 Å². The zero-order valence-corrected chi connectivity index (χ0v) is 84.8. The fourth-order valence-corrected chi connectivity index (χ4v) is 25.2. The first-order valence-electron chi connectivity index (χ1n) is 50.5. The fourth-order valence-electron chi connectivity index (χ4n) is 24.3. The first-order chi connectivity index (χ1) is 68.7. The van der Waals surface area contributed by atoms with E-state index >= 15 is 0 Å². The normalized spacial score (nSPS) is 45.4. The number of nitrogens with one attached hydrogen (secondary N) is 1. The van der Waals surface area contributed by atoms with Gasteiger partial charge >= 0.3 is 11.9 Å². The standard InChI is InChI=1S/C95H155N3O47S/c1-39(102)58(110)74(138-83-70(122)76(49(107)36-129-83)140-84-67(119)63(115)61(113)50(32-100)134-84)43(5)144-145-78-69(121)73(139-86-71(123)77(75(42(4)131-86)133-44(6)104)141-81-65(117)59(111)47(105)34-127-81)41(3)132-87(78)130-38-95-25-23-90(7,8)31-46(95)45-17-18-54-91(9)21-20-55(136-88(137-72(40(2)103)80(125)126)89(142-82-66(118)60(112)48(106)35-128-82)143-85-68(120)64(116)62(114)51(33-101)135-85)92(10,53(91)19-22-94(54,12)93(45,11)24-26-95)37-96-97-56(108)16-14-13-15-27-98-57(109)30-52(79(98)124)146-29-28-99/h17,37,39-43,46-55,58-78,81-89,99-103,105-107,110-123H,13-16,18-36,38H2,1-12H3,(H,97,108)(H,125,126)/b96-37+/t39?,40?,41?,42?,43?,46?,47?,48?,49?,50?,51?,52?,53?,54?,55-,58?,59?,60?,61?,62?,63?,64?,65?,66?,67?,68?,69?,70?,71?,72?,73?,74?,75?,76?,77?,78?,81?,82?,83?,84?,85?,86?,87?,88?,89?,91-,92-,93+,94+,95+/m0/s1. The maximum Gasteiger partial charge on any atom is 0.335 e. The number of amides is 3. The van der Waals surface area contributed by atoms with Gasteiger partial charge in [0, 0.05) is 49.1 Å². The number of hydrogen-bond acceptors (Lipinski definition) is 48. The molecule has 8 aliphatic heterocycles. The number of aliphatic hydroxyl groups excluding tert-OH is 22. The average molecular weight is 2120 g/mol. The number of carbonyl (C=O) groups excluding carboxylic acids is 4. The van der Waals surface area contributed by atoms with E-state index in [1.165, 1.54) is 56.1 Å². The van der Waals surface area contributed by atoms with E-state index in [0.29, 0.717) is 77.0 Å². The number of ether oxygens (including phenoxy) is 17. The molecule has 0 aromatic heterocycles. The van der Waals surface area contributed by atoms with Crippen molar-refractivity contribution in [3.63, 3.8) is 0 Å². The summed E-state index contributed by atoms with van der Waals surface area (Å²) in [6, 6.07) is 0. The van der Waals surface area contributed by atoms with Crippen LogP contribution in [0.15, 0.2) is 16.8 Å². The quantitative estimate of drug-likeness (QED) is 0.00395. The van der Waals surface area contributed by atoms with Gasteiger partial charge in [0.2, 0.25) is 30.3 Å². The van der Waals surface area contributed by atoms with Gasteiger partial charge in [-0.25, -0.2) is 20.0 Å². The lowest BCUT2D eigenvalue weighted by atomic mass is 9.33. The number of hydrazone groups is 1. The van der Waals surface area contributed by atoms with E-state index in [0.717, 1.165) is 13.8 Å². The lowest BCUT2D eigenvalue weighted by molar-refractivity contribution is -0.440. The summed E-state index contributed by atoms with van der Waals surface area (Å²) >= 11 is 1.20. The van der Waals surface area contributed by atoms with Gasteiger partial charge in [0.1, 0.15) is 146 Å². The molecule has 12 fully saturated rings. The van der Waals surface area contributed by atoms with Crippen LogP contribution in [0.25, 0.3) is 0 Å². The van der Waals surface area contributed by atoms with Crippen LogP contribution >= 0.6 is 11.8 Å². The van der Waals surface area contributed by atoms with Crippen LogP contribution in [0.5, 0.6) is 0 Å². The summed E-state index contributed by atoms with van der Waals surface area (Å²) in [5.74, 6) is -4.48. The highest BCUT2D eigenvalue weighted by atomic mass is 32.2. The highest BCUT2D eigenvalue weighted by molar-refractivity contribution is 8.00. The molecule has 0 aromatic rings. The summed E-state index contributed by atoms with van der Waals surface area (Å²) in [6.45, 7) is 16.8. The van der Waals surface area contributed by atoms with Crippen molar-refractivity contribution in [2.24, 2.45) is 55.3 Å². The molecule has 3 amide bonds. The molecular formula is C95H155N3O47S. The van der Waals surface area contributed by atoms with Crippen LogP contribution in [-0.4, -0.2) is 474 Å². The summed E-state index contributed by atoms with van der Waals surface area (Å²) in [5, 5.41) is 258. The minimum Gasteiger partial charge on any atom is -0.479 e. The van der Waals surface area contributed by atoms with E-state index in [4.69, 9.17) is 90.3 Å². The Labute approximate surface area is 848 Å². The molecule has 24 N–H and O–H groups in total.